The molecule has 8 heteroatoms. The number of nitrogens with one attached hydrogen (secondary N) is 3. The lowest BCUT2D eigenvalue weighted by Crippen LogP contribution is -2.47. The fourth-order valence-corrected chi connectivity index (χ4v) is 2.67. The first-order valence-electron chi connectivity index (χ1n) is 7.30. The van der Waals surface area contributed by atoms with E-state index in [2.05, 4.69) is 66.0 Å². The van der Waals surface area contributed by atoms with Gasteiger partial charge in [0.1, 0.15) is 0 Å². The van der Waals surface area contributed by atoms with Crippen LogP contribution in [0.15, 0.2) is 33.7 Å². The first-order chi connectivity index (χ1) is 10.6. The number of rotatable bonds is 4. The first-order valence-corrected chi connectivity index (χ1v) is 8.10. The van der Waals surface area contributed by atoms with E-state index in [-0.39, 0.29) is 36.4 Å². The van der Waals surface area contributed by atoms with Gasteiger partial charge < -0.3 is 20.9 Å². The molecule has 1 fully saturated rings. The van der Waals surface area contributed by atoms with Crippen LogP contribution in [0.5, 0.6) is 0 Å². The molecule has 0 aromatic heterocycles. The summed E-state index contributed by atoms with van der Waals surface area (Å²) in [4.78, 5) is 17.8. The Morgan fingerprint density at radius 3 is 2.70 bits per heavy atom. The van der Waals surface area contributed by atoms with E-state index < -0.39 is 0 Å². The third-order valence-corrected chi connectivity index (χ3v) is 4.17. The van der Waals surface area contributed by atoms with E-state index in [1.54, 1.807) is 14.1 Å². The highest BCUT2D eigenvalue weighted by Gasteiger charge is 2.23. The van der Waals surface area contributed by atoms with E-state index >= 15 is 0 Å². The number of amides is 1. The molecule has 0 radical (unpaired) electrons. The van der Waals surface area contributed by atoms with Gasteiger partial charge in [-0.05, 0) is 30.7 Å². The van der Waals surface area contributed by atoms with Crippen molar-refractivity contribution in [3.63, 3.8) is 0 Å². The molecule has 2 rings (SSSR count). The molecule has 6 nitrogen and oxygen atoms in total. The average molecular weight is 496 g/mol. The maximum atomic E-state index is 11.3. The number of anilines is 1. The van der Waals surface area contributed by atoms with E-state index in [9.17, 15) is 4.79 Å². The van der Waals surface area contributed by atoms with Gasteiger partial charge in [0.15, 0.2) is 5.96 Å². The van der Waals surface area contributed by atoms with Crippen LogP contribution >= 0.6 is 39.9 Å². The lowest BCUT2D eigenvalue weighted by atomic mass is 10.3. The van der Waals surface area contributed by atoms with Crippen LogP contribution in [0.4, 0.5) is 5.69 Å². The summed E-state index contributed by atoms with van der Waals surface area (Å²) >= 11 is 3.46. The van der Waals surface area contributed by atoms with E-state index in [0.29, 0.717) is 12.0 Å². The summed E-state index contributed by atoms with van der Waals surface area (Å²) in [6.07, 6.45) is 1.04. The molecule has 0 aliphatic carbocycles. The summed E-state index contributed by atoms with van der Waals surface area (Å²) in [5, 5.41) is 8.95. The van der Waals surface area contributed by atoms with Gasteiger partial charge >= 0.3 is 0 Å². The van der Waals surface area contributed by atoms with Crippen LogP contribution in [-0.4, -0.2) is 51.6 Å². The molecule has 1 heterocycles. The number of carbonyl (C=O) groups is 1. The molecule has 1 aliphatic rings. The summed E-state index contributed by atoms with van der Waals surface area (Å²) in [5.41, 5.74) is 1.22. The Bertz CT molecular complexity index is 537. The van der Waals surface area contributed by atoms with E-state index in [0.717, 1.165) is 24.0 Å². The lowest BCUT2D eigenvalue weighted by Gasteiger charge is -2.20. The second-order valence-corrected chi connectivity index (χ2v) is 6.07. The first kappa shape index (κ1) is 20.0. The van der Waals surface area contributed by atoms with Crippen LogP contribution in [0, 0.1) is 0 Å². The van der Waals surface area contributed by atoms with Gasteiger partial charge in [-0.3, -0.25) is 9.79 Å². The van der Waals surface area contributed by atoms with E-state index in [4.69, 9.17) is 0 Å². The molecule has 1 aromatic rings. The molecule has 1 amide bonds. The van der Waals surface area contributed by atoms with Crippen molar-refractivity contribution in [2.45, 2.75) is 12.5 Å². The summed E-state index contributed by atoms with van der Waals surface area (Å²) in [5.74, 6) is 0.595. The number of guanidine groups is 1. The molecular weight excluding hydrogens is 473 g/mol. The largest absolute Gasteiger partial charge is 0.369 e. The molecule has 1 aromatic carbocycles. The SMILES string of the molecule is CN=C(NCC(=O)NC)NC1CCN(c2ccc(Br)cc2)C1.I. The Balaban J connectivity index is 0.00000264. The summed E-state index contributed by atoms with van der Waals surface area (Å²) in [6.45, 7) is 2.15. The molecule has 1 atom stereocenters. The Hall–Kier alpha value is -1.03. The quantitative estimate of drug-likeness (QED) is 0.337. The maximum absolute atomic E-state index is 11.3. The van der Waals surface area contributed by atoms with Gasteiger partial charge in [0, 0.05) is 43.4 Å². The Labute approximate surface area is 162 Å². The second kappa shape index (κ2) is 9.96. The molecule has 0 saturated carbocycles. The minimum atomic E-state index is -0.0640. The minimum Gasteiger partial charge on any atom is -0.369 e. The fraction of sp³-hybridized carbons (Fsp3) is 0.467. The molecule has 0 spiro atoms. The van der Waals surface area contributed by atoms with Crippen LogP contribution in [0.25, 0.3) is 0 Å². The highest BCUT2D eigenvalue weighted by atomic mass is 127. The number of hydrogen-bond donors (Lipinski definition) is 3. The van der Waals surface area contributed by atoms with Gasteiger partial charge in [0.05, 0.1) is 6.54 Å². The predicted molar refractivity (Wildman–Crippen MR) is 109 cm³/mol. The Kier molecular flexibility index (Phi) is 8.67. The standard InChI is InChI=1S/C15H22BrN5O.HI/c1-17-14(22)9-19-15(18-2)20-12-7-8-21(10-12)13-5-3-11(16)4-6-13;/h3-6,12H,7-10H2,1-2H3,(H,17,22)(H2,18,19,20);1H. The minimum absolute atomic E-state index is 0. The number of halogens is 2. The molecule has 1 unspecified atom stereocenters. The zero-order valence-electron chi connectivity index (χ0n) is 13.3. The predicted octanol–water partition coefficient (Wildman–Crippen LogP) is 1.56. The van der Waals surface area contributed by atoms with Crippen LogP contribution in [0.2, 0.25) is 0 Å². The van der Waals surface area contributed by atoms with Crippen molar-refractivity contribution >= 4 is 57.5 Å². The van der Waals surface area contributed by atoms with E-state index in [1.807, 2.05) is 0 Å². The van der Waals surface area contributed by atoms with Crippen molar-refractivity contribution in [3.8, 4) is 0 Å². The van der Waals surface area contributed by atoms with Gasteiger partial charge in [-0.1, -0.05) is 15.9 Å². The Morgan fingerprint density at radius 1 is 1.39 bits per heavy atom. The van der Waals surface area contributed by atoms with Crippen molar-refractivity contribution in [1.82, 2.24) is 16.0 Å². The lowest BCUT2D eigenvalue weighted by molar-refractivity contribution is -0.119. The number of nitrogens with zero attached hydrogens (tertiary/aromatic N) is 2. The maximum Gasteiger partial charge on any atom is 0.239 e. The Morgan fingerprint density at radius 2 is 2.09 bits per heavy atom. The highest BCUT2D eigenvalue weighted by Crippen LogP contribution is 2.22. The summed E-state index contributed by atoms with van der Waals surface area (Å²) in [6, 6.07) is 8.66. The van der Waals surface area contributed by atoms with Crippen molar-refractivity contribution in [3.05, 3.63) is 28.7 Å². The van der Waals surface area contributed by atoms with Gasteiger partial charge in [0.25, 0.3) is 0 Å². The topological polar surface area (TPSA) is 68.8 Å². The summed E-state index contributed by atoms with van der Waals surface area (Å²) in [7, 11) is 3.33. The molecule has 0 bridgehead atoms. The van der Waals surface area contributed by atoms with Gasteiger partial charge in [-0.15, -0.1) is 24.0 Å². The normalized spacial score (nSPS) is 17.4. The van der Waals surface area contributed by atoms with Gasteiger partial charge in [-0.25, -0.2) is 0 Å². The highest BCUT2D eigenvalue weighted by molar-refractivity contribution is 14.0. The third kappa shape index (κ3) is 6.17. The van der Waals surface area contributed by atoms with Crippen molar-refractivity contribution in [2.24, 2.45) is 4.99 Å². The van der Waals surface area contributed by atoms with E-state index in [1.165, 1.54) is 5.69 Å². The number of aliphatic imine (C=N–C) groups is 1. The third-order valence-electron chi connectivity index (χ3n) is 3.64. The number of carbonyl (C=O) groups excluding carboxylic acids is 1. The number of benzene rings is 1. The molecule has 1 aliphatic heterocycles. The fourth-order valence-electron chi connectivity index (χ4n) is 2.40. The molecule has 128 valence electrons. The van der Waals surface area contributed by atoms with Crippen LogP contribution in [-0.2, 0) is 4.79 Å². The monoisotopic (exact) mass is 495 g/mol. The van der Waals surface area contributed by atoms with Crippen LogP contribution < -0.4 is 20.9 Å². The average Bonchev–Trinajstić information content (AvgIpc) is 3.00. The van der Waals surface area contributed by atoms with Crippen LogP contribution in [0.3, 0.4) is 0 Å². The van der Waals surface area contributed by atoms with Crippen molar-refractivity contribution in [2.75, 3.05) is 38.6 Å². The summed E-state index contributed by atoms with van der Waals surface area (Å²) < 4.78 is 1.09. The second-order valence-electron chi connectivity index (χ2n) is 5.15. The molecular formula is C15H23BrIN5O. The van der Waals surface area contributed by atoms with Gasteiger partial charge in [-0.2, -0.15) is 0 Å². The molecule has 3 N–H and O–H groups in total. The zero-order chi connectivity index (χ0) is 15.9. The zero-order valence-corrected chi connectivity index (χ0v) is 17.2. The van der Waals surface area contributed by atoms with Crippen LogP contribution in [0.1, 0.15) is 6.42 Å². The van der Waals surface area contributed by atoms with Gasteiger partial charge in [0.2, 0.25) is 5.91 Å². The molecule has 23 heavy (non-hydrogen) atoms. The number of hydrogen-bond acceptors (Lipinski definition) is 3. The van der Waals surface area contributed by atoms with Crippen molar-refractivity contribution in [1.29, 1.82) is 0 Å². The number of likely N-dealkylation sites (N-methyl/N-ethyl adjacent to an activating group) is 1. The molecule has 1 saturated heterocycles. The smallest absolute Gasteiger partial charge is 0.239 e. The van der Waals surface area contributed by atoms with Crippen molar-refractivity contribution < 1.29 is 4.79 Å².